The molecule has 0 bridgehead atoms. The van der Waals surface area contributed by atoms with Crippen molar-refractivity contribution >= 4 is 46.8 Å². The maximum absolute atomic E-state index is 5.48. The predicted molar refractivity (Wildman–Crippen MR) is 40.1 cm³/mol. The highest BCUT2D eigenvalue weighted by Gasteiger charge is 1.98. The van der Waals surface area contributed by atoms with E-state index in [1.54, 1.807) is 0 Å². The van der Waals surface area contributed by atoms with E-state index >= 15 is 0 Å². The first kappa shape index (κ1) is 7.19. The van der Waals surface area contributed by atoms with Crippen LogP contribution in [0.1, 0.15) is 0 Å². The molecule has 0 fully saturated rings. The largest absolute Gasteiger partial charge is 0.356 e. The van der Waals surface area contributed by atoms with Gasteiger partial charge >= 0.3 is 0 Å². The van der Waals surface area contributed by atoms with E-state index in [0.717, 1.165) is 0 Å². The molecule has 0 aromatic carbocycles. The van der Waals surface area contributed by atoms with Gasteiger partial charge in [-0.2, -0.15) is 22.2 Å². The second kappa shape index (κ2) is 4.35. The zero-order chi connectivity index (χ0) is 4.99. The molecule has 0 saturated carbocycles. The van der Waals surface area contributed by atoms with Crippen LogP contribution in [0, 0.1) is 0 Å². The Bertz CT molecular complexity index is 28.0. The summed E-state index contributed by atoms with van der Waals surface area (Å²) in [7, 11) is -1.54. The quantitative estimate of drug-likeness (QED) is 0.394. The molecule has 0 saturated heterocycles. The van der Waals surface area contributed by atoms with Gasteiger partial charge in [0.05, 0.1) is 0 Å². The normalized spacial score (nSPS) is 18.5. The SMILES string of the molecule is N[SiH]([SiH2]Cl)[SiH2]Cl. The molecule has 0 aromatic rings. The molecule has 6 heavy (non-hydrogen) atoms. The Morgan fingerprint density at radius 3 is 1.67 bits per heavy atom. The third kappa shape index (κ3) is 3.38. The van der Waals surface area contributed by atoms with Crippen molar-refractivity contribution in [3.63, 3.8) is 0 Å². The van der Waals surface area contributed by atoms with E-state index in [9.17, 15) is 0 Å². The smallest absolute Gasteiger partial charge is 0.128 e. The van der Waals surface area contributed by atoms with Crippen molar-refractivity contribution in [3.05, 3.63) is 0 Å². The minimum Gasteiger partial charge on any atom is -0.356 e. The summed E-state index contributed by atoms with van der Waals surface area (Å²) in [5.74, 6) is 0. The fourth-order valence-electron chi connectivity index (χ4n) is 0.0412. The van der Waals surface area contributed by atoms with Crippen LogP contribution in [0.4, 0.5) is 0 Å². The first-order valence-electron chi connectivity index (χ1n) is 1.68. The van der Waals surface area contributed by atoms with Crippen molar-refractivity contribution in [2.45, 2.75) is 0 Å². The Balaban J connectivity index is 2.75. The van der Waals surface area contributed by atoms with E-state index in [0.29, 0.717) is 0 Å². The average molecular weight is 176 g/mol. The van der Waals surface area contributed by atoms with Gasteiger partial charge in [-0.3, -0.25) is 0 Å². The molecule has 0 radical (unpaired) electrons. The van der Waals surface area contributed by atoms with Crippen molar-refractivity contribution in [2.24, 2.45) is 5.40 Å². The summed E-state index contributed by atoms with van der Waals surface area (Å²) in [5.41, 5.74) is 0. The summed E-state index contributed by atoms with van der Waals surface area (Å²) in [5, 5.41) is 5.47. The Morgan fingerprint density at radius 2 is 1.67 bits per heavy atom. The first-order valence-corrected chi connectivity index (χ1v) is 13.2. The van der Waals surface area contributed by atoms with Gasteiger partial charge in [0, 0.05) is 0 Å². The van der Waals surface area contributed by atoms with Gasteiger partial charge in [-0.1, -0.05) is 0 Å². The number of hydrogen-bond donors (Lipinski definition) is 1. The molecule has 0 aromatic heterocycles. The maximum atomic E-state index is 5.48. The summed E-state index contributed by atoms with van der Waals surface area (Å²) in [6.45, 7) is 0. The van der Waals surface area contributed by atoms with Gasteiger partial charge in [0.2, 0.25) is 0 Å². The molecular formula is H7Cl2NSi3. The third-order valence-electron chi connectivity index (χ3n) is 0.396. The van der Waals surface area contributed by atoms with E-state index in [4.69, 9.17) is 27.6 Å². The van der Waals surface area contributed by atoms with Crippen molar-refractivity contribution in [3.8, 4) is 0 Å². The van der Waals surface area contributed by atoms with Crippen LogP contribution in [-0.4, -0.2) is 24.7 Å². The zero-order valence-electron chi connectivity index (χ0n) is 3.32. The summed E-state index contributed by atoms with van der Waals surface area (Å²) >= 11 is 11.0. The zero-order valence-corrected chi connectivity index (χ0v) is 8.82. The summed E-state index contributed by atoms with van der Waals surface area (Å²) < 4.78 is 0. The van der Waals surface area contributed by atoms with Gasteiger partial charge in [-0.15, -0.1) is 0 Å². The van der Waals surface area contributed by atoms with Crippen LogP contribution in [0.5, 0.6) is 0 Å². The van der Waals surface area contributed by atoms with Gasteiger partial charge in [0.1, 0.15) is 24.7 Å². The van der Waals surface area contributed by atoms with Crippen LogP contribution in [0.25, 0.3) is 0 Å². The molecule has 0 amide bonds. The highest BCUT2D eigenvalue weighted by atomic mass is 35.6. The molecule has 2 N–H and O–H groups in total. The van der Waals surface area contributed by atoms with E-state index in [2.05, 4.69) is 0 Å². The predicted octanol–water partition coefficient (Wildman–Crippen LogP) is -1.69. The summed E-state index contributed by atoms with van der Waals surface area (Å²) in [6.07, 6.45) is 0. The number of rotatable bonds is 2. The number of hydrogen-bond acceptors (Lipinski definition) is 1. The maximum Gasteiger partial charge on any atom is 0.128 e. The Morgan fingerprint density at radius 1 is 1.33 bits per heavy atom. The molecule has 0 aliphatic heterocycles. The van der Waals surface area contributed by atoms with E-state index in [1.165, 1.54) is 0 Å². The summed E-state index contributed by atoms with van der Waals surface area (Å²) in [4.78, 5) is 0. The molecule has 6 heteroatoms. The molecule has 0 unspecified atom stereocenters. The first-order chi connectivity index (χ1) is 2.81. The Kier molecular flexibility index (Phi) is 5.22. The van der Waals surface area contributed by atoms with Crippen LogP contribution < -0.4 is 5.40 Å². The van der Waals surface area contributed by atoms with Crippen molar-refractivity contribution in [2.75, 3.05) is 0 Å². The van der Waals surface area contributed by atoms with Crippen LogP contribution in [0.3, 0.4) is 0 Å². The summed E-state index contributed by atoms with van der Waals surface area (Å²) in [6, 6.07) is 0. The minimum absolute atomic E-state index is 0.343. The molecule has 38 valence electrons. The standard InChI is InChI=1S/Cl2H7NSi3/c1-4-6(3)5-2/h6H,3-5H2. The fourth-order valence-corrected chi connectivity index (χ4v) is 10.0. The van der Waals surface area contributed by atoms with E-state index < -0.39 is 7.99 Å². The van der Waals surface area contributed by atoms with Crippen molar-refractivity contribution in [1.29, 1.82) is 0 Å². The van der Waals surface area contributed by atoms with Gasteiger partial charge in [0.15, 0.2) is 0 Å². The van der Waals surface area contributed by atoms with Gasteiger partial charge in [-0.05, 0) is 0 Å². The number of halogens is 2. The lowest BCUT2D eigenvalue weighted by Gasteiger charge is -1.91. The van der Waals surface area contributed by atoms with Crippen LogP contribution in [0.2, 0.25) is 0 Å². The topological polar surface area (TPSA) is 26.0 Å². The van der Waals surface area contributed by atoms with E-state index in [1.807, 2.05) is 0 Å². The molecule has 0 aliphatic rings. The molecule has 0 spiro atoms. The highest BCUT2D eigenvalue weighted by molar-refractivity contribution is 7.57. The van der Waals surface area contributed by atoms with Crippen LogP contribution in [-0.2, 0) is 0 Å². The lowest BCUT2D eigenvalue weighted by atomic mass is 13.9. The monoisotopic (exact) mass is 175 g/mol. The molecule has 0 aliphatic carbocycles. The van der Waals surface area contributed by atoms with Gasteiger partial charge in [0.25, 0.3) is 0 Å². The molecule has 0 atom stereocenters. The second-order valence-electron chi connectivity index (χ2n) is 1.07. The molecule has 1 nitrogen and oxygen atoms in total. The minimum atomic E-state index is -0.852. The average Bonchev–Trinajstić information content (AvgIpc) is 1.65. The molecule has 0 heterocycles. The van der Waals surface area contributed by atoms with Gasteiger partial charge < -0.3 is 5.40 Å². The second-order valence-corrected chi connectivity index (χ2v) is 20.4. The lowest BCUT2D eigenvalue weighted by molar-refractivity contribution is 1.95. The molecule has 0 rings (SSSR count). The lowest BCUT2D eigenvalue weighted by Crippen LogP contribution is -2.35. The number of nitrogens with two attached hydrogens (primary N) is 1. The van der Waals surface area contributed by atoms with E-state index in [-0.39, 0.29) is 16.7 Å². The van der Waals surface area contributed by atoms with Crippen molar-refractivity contribution in [1.82, 2.24) is 0 Å². The fraction of sp³-hybridized carbons (Fsp3) is 0. The third-order valence-corrected chi connectivity index (χ3v) is 22.5. The Labute approximate surface area is 52.5 Å². The van der Waals surface area contributed by atoms with Crippen LogP contribution in [0.15, 0.2) is 0 Å². The molecular weight excluding hydrogens is 169 g/mol. The highest BCUT2D eigenvalue weighted by Crippen LogP contribution is 1.73. The van der Waals surface area contributed by atoms with Crippen LogP contribution >= 0.6 is 22.2 Å². The van der Waals surface area contributed by atoms with Gasteiger partial charge in [-0.25, -0.2) is 0 Å². The van der Waals surface area contributed by atoms with Crippen molar-refractivity contribution < 1.29 is 0 Å². The Hall–Kier alpha value is 1.19.